The summed E-state index contributed by atoms with van der Waals surface area (Å²) >= 11 is 0.306. The molecular weight excluding hydrogens is 313 g/mol. The SMILES string of the molecule is CCCC[Se]CC(C(=O)O)c1ccc([N+](=O)[O-])cc1. The van der Waals surface area contributed by atoms with E-state index >= 15 is 0 Å². The number of nitrogens with zero attached hydrogens (tertiary/aromatic N) is 1. The molecule has 0 saturated carbocycles. The maximum atomic E-state index is 11.3. The van der Waals surface area contributed by atoms with Gasteiger partial charge in [0.05, 0.1) is 0 Å². The molecule has 0 spiro atoms. The quantitative estimate of drug-likeness (QED) is 0.344. The van der Waals surface area contributed by atoms with Crippen LogP contribution in [0.4, 0.5) is 5.69 Å². The van der Waals surface area contributed by atoms with Crippen molar-refractivity contribution in [2.24, 2.45) is 0 Å². The van der Waals surface area contributed by atoms with Crippen LogP contribution in [-0.2, 0) is 4.79 Å². The van der Waals surface area contributed by atoms with Crippen molar-refractivity contribution < 1.29 is 14.8 Å². The van der Waals surface area contributed by atoms with Crippen molar-refractivity contribution in [2.45, 2.75) is 36.3 Å². The molecule has 1 N–H and O–H groups in total. The molecule has 0 aliphatic carbocycles. The minimum absolute atomic E-state index is 0.00983. The zero-order valence-electron chi connectivity index (χ0n) is 10.7. The molecule has 0 aromatic heterocycles. The molecule has 0 saturated heterocycles. The molecule has 19 heavy (non-hydrogen) atoms. The minimum atomic E-state index is -0.854. The Hall–Kier alpha value is -1.39. The van der Waals surface area contributed by atoms with E-state index < -0.39 is 16.8 Å². The molecule has 5 nitrogen and oxygen atoms in total. The molecule has 0 aliphatic rings. The molecule has 1 atom stereocenters. The fourth-order valence-electron chi connectivity index (χ4n) is 1.59. The van der Waals surface area contributed by atoms with Crippen LogP contribution in [0.25, 0.3) is 0 Å². The normalized spacial score (nSPS) is 12.1. The topological polar surface area (TPSA) is 80.4 Å². The van der Waals surface area contributed by atoms with E-state index in [1.54, 1.807) is 12.1 Å². The van der Waals surface area contributed by atoms with Crippen molar-refractivity contribution in [3.05, 3.63) is 39.9 Å². The van der Waals surface area contributed by atoms with Crippen LogP contribution in [0, 0.1) is 10.1 Å². The molecular formula is C13H17NO4Se. The second-order valence-electron chi connectivity index (χ2n) is 4.17. The summed E-state index contributed by atoms with van der Waals surface area (Å²) in [6.07, 6.45) is 2.25. The van der Waals surface area contributed by atoms with Crippen LogP contribution < -0.4 is 0 Å². The number of benzene rings is 1. The van der Waals surface area contributed by atoms with E-state index in [1.165, 1.54) is 12.1 Å². The average Bonchev–Trinajstić information content (AvgIpc) is 2.38. The Kier molecular flexibility index (Phi) is 6.53. The number of rotatable bonds is 8. The van der Waals surface area contributed by atoms with Crippen LogP contribution in [-0.4, -0.2) is 31.0 Å². The summed E-state index contributed by atoms with van der Waals surface area (Å²) in [6.45, 7) is 2.11. The van der Waals surface area contributed by atoms with Crippen LogP contribution in [0.3, 0.4) is 0 Å². The zero-order chi connectivity index (χ0) is 14.3. The van der Waals surface area contributed by atoms with Crippen molar-refractivity contribution in [1.29, 1.82) is 0 Å². The number of non-ortho nitro benzene ring substituents is 1. The molecule has 0 amide bonds. The number of hydrogen-bond acceptors (Lipinski definition) is 3. The van der Waals surface area contributed by atoms with E-state index in [0.29, 0.717) is 25.8 Å². The molecule has 104 valence electrons. The van der Waals surface area contributed by atoms with Crippen molar-refractivity contribution >= 4 is 26.6 Å². The Balaban J connectivity index is 2.70. The van der Waals surface area contributed by atoms with Gasteiger partial charge in [-0.3, -0.25) is 0 Å². The Morgan fingerprint density at radius 2 is 2.05 bits per heavy atom. The summed E-state index contributed by atoms with van der Waals surface area (Å²) in [4.78, 5) is 21.3. The first-order valence-corrected chi connectivity index (χ1v) is 8.53. The summed E-state index contributed by atoms with van der Waals surface area (Å²) in [5.74, 6) is -1.40. The van der Waals surface area contributed by atoms with Gasteiger partial charge in [0.15, 0.2) is 0 Å². The monoisotopic (exact) mass is 331 g/mol. The van der Waals surface area contributed by atoms with Gasteiger partial charge < -0.3 is 0 Å². The first kappa shape index (κ1) is 15.7. The third-order valence-electron chi connectivity index (χ3n) is 2.73. The molecule has 1 rings (SSSR count). The predicted octanol–water partition coefficient (Wildman–Crippen LogP) is 3.10. The Labute approximate surface area is 118 Å². The molecule has 6 heteroatoms. The molecule has 0 radical (unpaired) electrons. The third kappa shape index (κ3) is 5.01. The summed E-state index contributed by atoms with van der Waals surface area (Å²) in [7, 11) is 0. The van der Waals surface area contributed by atoms with Gasteiger partial charge in [-0.15, -0.1) is 0 Å². The third-order valence-corrected chi connectivity index (χ3v) is 5.14. The number of carboxylic acids is 1. The van der Waals surface area contributed by atoms with E-state index in [4.69, 9.17) is 0 Å². The van der Waals surface area contributed by atoms with Gasteiger partial charge >= 0.3 is 118 Å². The number of unbranched alkanes of at least 4 members (excludes halogenated alkanes) is 1. The maximum absolute atomic E-state index is 11.3. The van der Waals surface area contributed by atoms with E-state index in [2.05, 4.69) is 6.92 Å². The van der Waals surface area contributed by atoms with Crippen molar-refractivity contribution in [2.75, 3.05) is 0 Å². The van der Waals surface area contributed by atoms with Gasteiger partial charge in [-0.1, -0.05) is 0 Å². The van der Waals surface area contributed by atoms with E-state index in [1.807, 2.05) is 0 Å². The summed E-state index contributed by atoms with van der Waals surface area (Å²) in [5.41, 5.74) is 0.640. The van der Waals surface area contributed by atoms with Gasteiger partial charge in [0.25, 0.3) is 0 Å². The van der Waals surface area contributed by atoms with Crippen molar-refractivity contribution in [3.63, 3.8) is 0 Å². The number of carboxylic acid groups (broad SMARTS) is 1. The van der Waals surface area contributed by atoms with Crippen molar-refractivity contribution in [3.8, 4) is 0 Å². The average molecular weight is 330 g/mol. The first-order valence-electron chi connectivity index (χ1n) is 6.11. The fraction of sp³-hybridized carbons (Fsp3) is 0.462. The van der Waals surface area contributed by atoms with Gasteiger partial charge in [0.1, 0.15) is 0 Å². The van der Waals surface area contributed by atoms with E-state index in [-0.39, 0.29) is 5.69 Å². The van der Waals surface area contributed by atoms with E-state index in [9.17, 15) is 20.0 Å². The van der Waals surface area contributed by atoms with Crippen LogP contribution in [0.2, 0.25) is 10.6 Å². The number of carbonyl (C=O) groups is 1. The fourth-order valence-corrected chi connectivity index (χ4v) is 4.17. The van der Waals surface area contributed by atoms with Crippen molar-refractivity contribution in [1.82, 2.24) is 0 Å². The second kappa shape index (κ2) is 7.92. The molecule has 0 fully saturated rings. The predicted molar refractivity (Wildman–Crippen MR) is 73.7 cm³/mol. The van der Waals surface area contributed by atoms with Crippen LogP contribution in [0.5, 0.6) is 0 Å². The number of nitro groups is 1. The second-order valence-corrected chi connectivity index (χ2v) is 6.58. The number of nitro benzene ring substituents is 1. The molecule has 0 heterocycles. The molecule has 1 aromatic carbocycles. The molecule has 0 bridgehead atoms. The first-order chi connectivity index (χ1) is 9.06. The van der Waals surface area contributed by atoms with Crippen LogP contribution in [0.1, 0.15) is 31.2 Å². The van der Waals surface area contributed by atoms with E-state index in [0.717, 1.165) is 18.2 Å². The molecule has 0 aliphatic heterocycles. The Morgan fingerprint density at radius 3 is 2.53 bits per heavy atom. The Morgan fingerprint density at radius 1 is 1.42 bits per heavy atom. The Bertz CT molecular complexity index is 433. The summed E-state index contributed by atoms with van der Waals surface area (Å²) in [6, 6.07) is 5.83. The van der Waals surface area contributed by atoms with Crippen LogP contribution in [0.15, 0.2) is 24.3 Å². The van der Waals surface area contributed by atoms with Gasteiger partial charge in [0, 0.05) is 0 Å². The number of aliphatic carboxylic acids is 1. The molecule has 1 unspecified atom stereocenters. The summed E-state index contributed by atoms with van der Waals surface area (Å²) < 4.78 is 0. The summed E-state index contributed by atoms with van der Waals surface area (Å²) in [5, 5.41) is 21.5. The van der Waals surface area contributed by atoms with Crippen LogP contribution >= 0.6 is 0 Å². The zero-order valence-corrected chi connectivity index (χ0v) is 12.5. The number of hydrogen-bond donors (Lipinski definition) is 1. The molecule has 1 aromatic rings. The van der Waals surface area contributed by atoms with Gasteiger partial charge in [-0.25, -0.2) is 0 Å². The van der Waals surface area contributed by atoms with Gasteiger partial charge in [0.2, 0.25) is 0 Å². The standard InChI is InChI=1S/C13H17NO4Se/c1-2-3-8-19-9-12(13(15)16)10-4-6-11(7-5-10)14(17)18/h4-7,12H,2-3,8-9H2,1H3,(H,15,16). The van der Waals surface area contributed by atoms with Gasteiger partial charge in [-0.05, 0) is 0 Å². The van der Waals surface area contributed by atoms with Gasteiger partial charge in [-0.2, -0.15) is 0 Å².